The van der Waals surface area contributed by atoms with Crippen molar-refractivity contribution in [3.63, 3.8) is 0 Å². The molecule has 0 unspecified atom stereocenters. The first kappa shape index (κ1) is 21.2. The van der Waals surface area contributed by atoms with Crippen molar-refractivity contribution in [1.82, 2.24) is 29.7 Å². The number of hydrogen-bond donors (Lipinski definition) is 2. The van der Waals surface area contributed by atoms with E-state index in [-0.39, 0.29) is 0 Å². The summed E-state index contributed by atoms with van der Waals surface area (Å²) < 4.78 is 7.39. The van der Waals surface area contributed by atoms with Gasteiger partial charge in [-0.3, -0.25) is 10.00 Å². The van der Waals surface area contributed by atoms with Gasteiger partial charge in [0.05, 0.1) is 25.1 Å². The van der Waals surface area contributed by atoms with E-state index in [1.165, 1.54) is 0 Å². The molecule has 4 aromatic rings. The van der Waals surface area contributed by atoms with Gasteiger partial charge in [0.2, 0.25) is 0 Å². The Morgan fingerprint density at radius 2 is 1.94 bits per heavy atom. The Bertz CT molecular complexity index is 1250. The Morgan fingerprint density at radius 1 is 1.09 bits per heavy atom. The molecule has 8 nitrogen and oxygen atoms in total. The van der Waals surface area contributed by atoms with E-state index < -0.39 is 0 Å². The number of hydrogen-bond acceptors (Lipinski definition) is 6. The highest BCUT2D eigenvalue weighted by atomic mass is 35.5. The molecule has 166 valence electrons. The molecule has 1 fully saturated rings. The number of aryl methyl sites for hydroxylation is 1. The maximum absolute atomic E-state index is 6.42. The van der Waals surface area contributed by atoms with Gasteiger partial charge in [-0.25, -0.2) is 9.50 Å². The van der Waals surface area contributed by atoms with Crippen molar-refractivity contribution in [2.24, 2.45) is 0 Å². The molecule has 0 saturated carbocycles. The first-order valence-corrected chi connectivity index (χ1v) is 11.2. The summed E-state index contributed by atoms with van der Waals surface area (Å²) in [6.07, 6.45) is 2.45. The van der Waals surface area contributed by atoms with Gasteiger partial charge < -0.3 is 10.1 Å². The van der Waals surface area contributed by atoms with Gasteiger partial charge in [0.15, 0.2) is 17.3 Å². The molecular weight excluding hydrogens is 449 g/mol. The Morgan fingerprint density at radius 3 is 2.69 bits per heavy atom. The highest BCUT2D eigenvalue weighted by Crippen LogP contribution is 2.25. The van der Waals surface area contributed by atoms with Crippen LogP contribution in [0.5, 0.6) is 0 Å². The summed E-state index contributed by atoms with van der Waals surface area (Å²) in [7, 11) is 0. The monoisotopic (exact) mass is 471 g/mol. The van der Waals surface area contributed by atoms with Crippen LogP contribution in [0.4, 0.5) is 11.6 Å². The molecule has 0 amide bonds. The molecule has 0 bridgehead atoms. The Balaban J connectivity index is 1.53. The van der Waals surface area contributed by atoms with Crippen molar-refractivity contribution in [2.75, 3.05) is 31.6 Å². The van der Waals surface area contributed by atoms with Crippen LogP contribution in [0.15, 0.2) is 36.5 Å². The van der Waals surface area contributed by atoms with E-state index >= 15 is 0 Å². The summed E-state index contributed by atoms with van der Waals surface area (Å²) in [5.41, 5.74) is 4.80. The fourth-order valence-electron chi connectivity index (χ4n) is 3.85. The van der Waals surface area contributed by atoms with Crippen molar-refractivity contribution in [3.05, 3.63) is 69.1 Å². The van der Waals surface area contributed by atoms with E-state index in [0.717, 1.165) is 61.0 Å². The molecule has 2 N–H and O–H groups in total. The second kappa shape index (κ2) is 9.07. The average molecular weight is 472 g/mol. The quantitative estimate of drug-likeness (QED) is 0.437. The van der Waals surface area contributed by atoms with Crippen LogP contribution in [0.1, 0.15) is 22.5 Å². The lowest BCUT2D eigenvalue weighted by molar-refractivity contribution is 0.0343. The third kappa shape index (κ3) is 4.59. The molecule has 5 rings (SSSR count). The number of ether oxygens (including phenoxy) is 1. The van der Waals surface area contributed by atoms with E-state index in [4.69, 9.17) is 38.0 Å². The van der Waals surface area contributed by atoms with Crippen LogP contribution in [0.2, 0.25) is 10.0 Å². The minimum absolute atomic E-state index is 0.589. The van der Waals surface area contributed by atoms with Gasteiger partial charge >= 0.3 is 0 Å². The summed E-state index contributed by atoms with van der Waals surface area (Å²) in [6, 6.07) is 9.52. The maximum Gasteiger partial charge on any atom is 0.158 e. The zero-order chi connectivity index (χ0) is 22.1. The molecule has 10 heteroatoms. The number of aromatic nitrogens is 5. The number of nitrogens with zero attached hydrogens (tertiary/aromatic N) is 5. The topological polar surface area (TPSA) is 83.4 Å². The summed E-state index contributed by atoms with van der Waals surface area (Å²) in [5, 5.41) is 16.6. The summed E-state index contributed by atoms with van der Waals surface area (Å²) in [5.74, 6) is 1.42. The minimum atomic E-state index is 0.589. The number of halogens is 2. The molecule has 1 aliphatic heterocycles. The molecule has 0 radical (unpaired) electrons. The molecule has 0 spiro atoms. The lowest BCUT2D eigenvalue weighted by Gasteiger charge is -2.26. The predicted molar refractivity (Wildman–Crippen MR) is 125 cm³/mol. The molecule has 0 atom stereocenters. The van der Waals surface area contributed by atoms with Crippen LogP contribution >= 0.6 is 23.2 Å². The standard InChI is InChI=1S/C22H23Cl2N7O/c1-14-8-20(28-27-14)26-21-10-16(13-30-4-6-32-7-5-30)22-25-12-18(31(22)29-21)9-15-2-3-17(23)11-19(15)24/h2-3,8,10-12H,4-7,9,13H2,1H3,(H2,26,27,28,29). The van der Waals surface area contributed by atoms with Crippen molar-refractivity contribution in [3.8, 4) is 0 Å². The Hall–Kier alpha value is -2.65. The van der Waals surface area contributed by atoms with E-state index in [1.54, 1.807) is 6.07 Å². The number of anilines is 2. The van der Waals surface area contributed by atoms with Gasteiger partial charge in [-0.1, -0.05) is 29.3 Å². The van der Waals surface area contributed by atoms with Crippen molar-refractivity contribution >= 4 is 40.5 Å². The normalized spacial score (nSPS) is 14.8. The van der Waals surface area contributed by atoms with Crippen LogP contribution in [-0.4, -0.2) is 56.0 Å². The van der Waals surface area contributed by atoms with E-state index in [2.05, 4.69) is 20.4 Å². The van der Waals surface area contributed by atoms with Gasteiger partial charge in [-0.2, -0.15) is 5.10 Å². The number of rotatable bonds is 6. The van der Waals surface area contributed by atoms with Gasteiger partial charge in [-0.15, -0.1) is 5.10 Å². The van der Waals surface area contributed by atoms with E-state index in [1.807, 2.05) is 41.9 Å². The van der Waals surface area contributed by atoms with E-state index in [9.17, 15) is 0 Å². The molecule has 32 heavy (non-hydrogen) atoms. The fourth-order valence-corrected chi connectivity index (χ4v) is 4.32. The number of nitrogens with one attached hydrogen (secondary N) is 2. The van der Waals surface area contributed by atoms with E-state index in [0.29, 0.717) is 28.1 Å². The molecule has 1 saturated heterocycles. The summed E-state index contributed by atoms with van der Waals surface area (Å²) in [6.45, 7) is 6.00. The molecule has 1 aliphatic rings. The van der Waals surface area contributed by atoms with Crippen molar-refractivity contribution in [2.45, 2.75) is 19.9 Å². The van der Waals surface area contributed by atoms with Gasteiger partial charge in [0, 0.05) is 53.4 Å². The lowest BCUT2D eigenvalue weighted by Crippen LogP contribution is -2.35. The van der Waals surface area contributed by atoms with Gasteiger partial charge in [0.1, 0.15) is 0 Å². The summed E-state index contributed by atoms with van der Waals surface area (Å²) in [4.78, 5) is 7.07. The zero-order valence-corrected chi connectivity index (χ0v) is 19.1. The highest BCUT2D eigenvalue weighted by molar-refractivity contribution is 6.35. The van der Waals surface area contributed by atoms with Gasteiger partial charge in [0.25, 0.3) is 0 Å². The number of imidazole rings is 1. The predicted octanol–water partition coefficient (Wildman–Crippen LogP) is 4.23. The second-order valence-corrected chi connectivity index (χ2v) is 8.75. The molecule has 1 aromatic carbocycles. The molecule has 3 aromatic heterocycles. The zero-order valence-electron chi connectivity index (χ0n) is 17.6. The van der Waals surface area contributed by atoms with Gasteiger partial charge in [-0.05, 0) is 30.7 Å². The largest absolute Gasteiger partial charge is 0.379 e. The van der Waals surface area contributed by atoms with Crippen molar-refractivity contribution < 1.29 is 4.74 Å². The number of benzene rings is 1. The van der Waals surface area contributed by atoms with Crippen molar-refractivity contribution in [1.29, 1.82) is 0 Å². The van der Waals surface area contributed by atoms with Crippen LogP contribution in [0.3, 0.4) is 0 Å². The maximum atomic E-state index is 6.42. The Labute approximate surface area is 195 Å². The first-order chi connectivity index (χ1) is 15.5. The third-order valence-electron chi connectivity index (χ3n) is 5.46. The fraction of sp³-hybridized carbons (Fsp3) is 0.318. The molecular formula is C22H23Cl2N7O. The second-order valence-electron chi connectivity index (χ2n) is 7.90. The lowest BCUT2D eigenvalue weighted by atomic mass is 10.1. The first-order valence-electron chi connectivity index (χ1n) is 10.4. The third-order valence-corrected chi connectivity index (χ3v) is 6.05. The van der Waals surface area contributed by atoms with Crippen LogP contribution in [0, 0.1) is 6.92 Å². The number of H-pyrrole nitrogens is 1. The minimum Gasteiger partial charge on any atom is -0.379 e. The number of fused-ring (bicyclic) bond motifs is 1. The Kier molecular flexibility index (Phi) is 6.01. The average Bonchev–Trinajstić information content (AvgIpc) is 3.37. The van der Waals surface area contributed by atoms with Crippen LogP contribution in [0.25, 0.3) is 5.65 Å². The van der Waals surface area contributed by atoms with Crippen LogP contribution < -0.4 is 5.32 Å². The smallest absolute Gasteiger partial charge is 0.158 e. The number of aromatic amines is 1. The molecule has 4 heterocycles. The number of morpholine rings is 1. The van der Waals surface area contributed by atoms with Crippen LogP contribution in [-0.2, 0) is 17.7 Å². The molecule has 0 aliphatic carbocycles. The highest BCUT2D eigenvalue weighted by Gasteiger charge is 2.18. The summed E-state index contributed by atoms with van der Waals surface area (Å²) >= 11 is 12.5. The SMILES string of the molecule is Cc1cc(Nc2cc(CN3CCOCC3)c3ncc(Cc4ccc(Cl)cc4Cl)n3n2)n[nH]1.